The number of carbonyl (C=O) groups is 1. The molecule has 2 aromatic rings. The predicted molar refractivity (Wildman–Crippen MR) is 114 cm³/mol. The second-order valence-corrected chi connectivity index (χ2v) is 7.22. The Hall–Kier alpha value is -3.19. The zero-order valence-electron chi connectivity index (χ0n) is 16.9. The van der Waals surface area contributed by atoms with Crippen LogP contribution in [0.2, 0.25) is 0 Å². The van der Waals surface area contributed by atoms with Crippen LogP contribution < -0.4 is 5.43 Å². The zero-order chi connectivity index (χ0) is 21.0. The Morgan fingerprint density at radius 3 is 2.52 bits per heavy atom. The molecule has 0 unspecified atom stereocenters. The lowest BCUT2D eigenvalue weighted by atomic mass is 10.00. The van der Waals surface area contributed by atoms with E-state index in [4.69, 9.17) is 5.11 Å². The van der Waals surface area contributed by atoms with E-state index in [0.29, 0.717) is 17.8 Å². The van der Waals surface area contributed by atoms with Crippen LogP contribution in [0.15, 0.2) is 46.6 Å². The fraction of sp³-hybridized carbons (Fsp3) is 0.318. The van der Waals surface area contributed by atoms with Crippen molar-refractivity contribution in [1.29, 1.82) is 0 Å². The number of aromatic hydroxyl groups is 1. The average molecular weight is 394 g/mol. The third kappa shape index (κ3) is 4.81. The van der Waals surface area contributed by atoms with Gasteiger partial charge in [0.2, 0.25) is 0 Å². The van der Waals surface area contributed by atoms with Crippen molar-refractivity contribution in [2.24, 2.45) is 10.2 Å². The van der Waals surface area contributed by atoms with Gasteiger partial charge in [-0.1, -0.05) is 41.5 Å². The Kier molecular flexibility index (Phi) is 6.29. The van der Waals surface area contributed by atoms with E-state index in [1.165, 1.54) is 21.7 Å². The topological polar surface area (TPSA) is 97.5 Å². The van der Waals surface area contributed by atoms with Gasteiger partial charge in [-0.25, -0.2) is 5.01 Å². The fourth-order valence-corrected chi connectivity index (χ4v) is 3.42. The number of aliphatic hydroxyl groups is 1. The molecule has 7 heteroatoms. The molecule has 1 heterocycles. The smallest absolute Gasteiger partial charge is 0.296 e. The molecule has 0 atom stereocenters. The third-order valence-corrected chi connectivity index (χ3v) is 4.73. The first-order valence-corrected chi connectivity index (χ1v) is 9.59. The van der Waals surface area contributed by atoms with Gasteiger partial charge in [-0.3, -0.25) is 10.2 Å². The SMILES string of the molecule is CC1=NN(CCO)C(=O)C1=NNc1cccc(CCc2cc(C)cc(C)c2)c1O. The van der Waals surface area contributed by atoms with E-state index in [9.17, 15) is 9.90 Å². The number of hydrogen-bond donors (Lipinski definition) is 3. The number of phenols is 1. The monoisotopic (exact) mass is 394 g/mol. The van der Waals surface area contributed by atoms with Gasteiger partial charge in [-0.15, -0.1) is 0 Å². The highest BCUT2D eigenvalue weighted by Gasteiger charge is 2.29. The largest absolute Gasteiger partial charge is 0.505 e. The number of hydrogen-bond acceptors (Lipinski definition) is 6. The van der Waals surface area contributed by atoms with Gasteiger partial charge >= 0.3 is 0 Å². The number of hydrazone groups is 2. The average Bonchev–Trinajstić information content (AvgIpc) is 2.93. The van der Waals surface area contributed by atoms with Gasteiger partial charge in [0.05, 0.1) is 24.6 Å². The molecule has 0 aromatic heterocycles. The molecule has 1 aliphatic rings. The molecule has 7 nitrogen and oxygen atoms in total. The van der Waals surface area contributed by atoms with Gasteiger partial charge in [-0.2, -0.15) is 10.2 Å². The van der Waals surface area contributed by atoms with Crippen LogP contribution in [0.4, 0.5) is 5.69 Å². The number of para-hydroxylation sites is 1. The van der Waals surface area contributed by atoms with Crippen LogP contribution in [0.5, 0.6) is 5.75 Å². The number of benzene rings is 2. The molecule has 1 amide bonds. The highest BCUT2D eigenvalue weighted by atomic mass is 16.3. The first kappa shape index (κ1) is 20.5. The number of nitrogens with one attached hydrogen (secondary N) is 1. The lowest BCUT2D eigenvalue weighted by Gasteiger charge is -2.11. The summed E-state index contributed by atoms with van der Waals surface area (Å²) in [5, 5.41) is 29.0. The lowest BCUT2D eigenvalue weighted by molar-refractivity contribution is -0.123. The summed E-state index contributed by atoms with van der Waals surface area (Å²) in [5.74, 6) is -0.261. The normalized spacial score (nSPS) is 15.2. The van der Waals surface area contributed by atoms with E-state index in [-0.39, 0.29) is 30.5 Å². The van der Waals surface area contributed by atoms with Crippen LogP contribution in [0.1, 0.15) is 29.2 Å². The Balaban J connectivity index is 1.72. The number of aliphatic hydroxyl groups excluding tert-OH is 1. The number of amides is 1. The molecule has 0 fully saturated rings. The van der Waals surface area contributed by atoms with Gasteiger partial charge in [0, 0.05) is 0 Å². The van der Waals surface area contributed by atoms with Crippen molar-refractivity contribution in [3.8, 4) is 5.75 Å². The molecule has 2 aromatic carbocycles. The minimum Gasteiger partial charge on any atom is -0.505 e. The number of nitrogens with zero attached hydrogens (tertiary/aromatic N) is 3. The molecule has 152 valence electrons. The molecule has 1 aliphatic heterocycles. The molecular weight excluding hydrogens is 368 g/mol. The highest BCUT2D eigenvalue weighted by molar-refractivity contribution is 6.68. The van der Waals surface area contributed by atoms with Gasteiger partial charge in [0.15, 0.2) is 5.71 Å². The minimum absolute atomic E-state index is 0.119. The van der Waals surface area contributed by atoms with E-state index in [1.54, 1.807) is 13.0 Å². The molecule has 0 saturated carbocycles. The maximum atomic E-state index is 12.3. The number of aryl methyl sites for hydroxylation is 4. The second-order valence-electron chi connectivity index (χ2n) is 7.22. The van der Waals surface area contributed by atoms with Crippen molar-refractivity contribution >= 4 is 23.0 Å². The van der Waals surface area contributed by atoms with Crippen molar-refractivity contribution in [2.75, 3.05) is 18.6 Å². The van der Waals surface area contributed by atoms with Gasteiger partial charge in [-0.05, 0) is 50.8 Å². The summed E-state index contributed by atoms with van der Waals surface area (Å²) in [6.07, 6.45) is 1.50. The molecule has 0 spiro atoms. The molecule has 0 saturated heterocycles. The second kappa shape index (κ2) is 8.87. The van der Waals surface area contributed by atoms with E-state index in [1.807, 2.05) is 12.1 Å². The van der Waals surface area contributed by atoms with E-state index >= 15 is 0 Å². The molecular formula is C22H26N4O3. The quantitative estimate of drug-likeness (QED) is 0.497. The molecule has 0 radical (unpaired) electrons. The van der Waals surface area contributed by atoms with Gasteiger partial charge in [0.25, 0.3) is 5.91 Å². The Labute approximate surface area is 170 Å². The van der Waals surface area contributed by atoms with E-state index < -0.39 is 0 Å². The van der Waals surface area contributed by atoms with Crippen molar-refractivity contribution in [2.45, 2.75) is 33.6 Å². The van der Waals surface area contributed by atoms with Crippen LogP contribution in [0.25, 0.3) is 0 Å². The number of rotatable bonds is 7. The van der Waals surface area contributed by atoms with Crippen molar-refractivity contribution in [3.63, 3.8) is 0 Å². The summed E-state index contributed by atoms with van der Waals surface area (Å²) in [4.78, 5) is 12.3. The molecule has 3 N–H and O–H groups in total. The van der Waals surface area contributed by atoms with Crippen LogP contribution in [0, 0.1) is 13.8 Å². The number of anilines is 1. The van der Waals surface area contributed by atoms with Crippen LogP contribution in [-0.2, 0) is 17.6 Å². The van der Waals surface area contributed by atoms with Crippen molar-refractivity contribution in [1.82, 2.24) is 5.01 Å². The summed E-state index contributed by atoms with van der Waals surface area (Å²) in [6.45, 7) is 5.78. The Bertz CT molecular complexity index is 962. The summed E-state index contributed by atoms with van der Waals surface area (Å²) in [5.41, 5.74) is 8.32. The third-order valence-electron chi connectivity index (χ3n) is 4.73. The minimum atomic E-state index is -0.380. The number of phenolic OH excluding ortho intramolecular Hbond substituents is 1. The zero-order valence-corrected chi connectivity index (χ0v) is 16.9. The van der Waals surface area contributed by atoms with Crippen LogP contribution >= 0.6 is 0 Å². The summed E-state index contributed by atoms with van der Waals surface area (Å²) in [6, 6.07) is 11.9. The van der Waals surface area contributed by atoms with E-state index in [0.717, 1.165) is 12.0 Å². The summed E-state index contributed by atoms with van der Waals surface area (Å²) < 4.78 is 0. The maximum Gasteiger partial charge on any atom is 0.296 e. The van der Waals surface area contributed by atoms with Crippen LogP contribution in [-0.4, -0.2) is 45.7 Å². The Morgan fingerprint density at radius 1 is 1.10 bits per heavy atom. The molecule has 0 bridgehead atoms. The van der Waals surface area contributed by atoms with Crippen LogP contribution in [0.3, 0.4) is 0 Å². The first-order valence-electron chi connectivity index (χ1n) is 9.59. The van der Waals surface area contributed by atoms with Gasteiger partial charge < -0.3 is 10.2 Å². The summed E-state index contributed by atoms with van der Waals surface area (Å²) in [7, 11) is 0. The number of β-amino-alcohol motifs (C(OH)–C–C–N with tert-alkyl or cyclic N) is 1. The highest BCUT2D eigenvalue weighted by Crippen LogP contribution is 2.29. The first-order chi connectivity index (χ1) is 13.9. The number of carbonyl (C=O) groups excluding carboxylic acids is 1. The fourth-order valence-electron chi connectivity index (χ4n) is 3.42. The van der Waals surface area contributed by atoms with E-state index in [2.05, 4.69) is 47.7 Å². The van der Waals surface area contributed by atoms with Gasteiger partial charge in [0.1, 0.15) is 5.75 Å². The predicted octanol–water partition coefficient (Wildman–Crippen LogP) is 2.77. The molecule has 3 rings (SSSR count). The lowest BCUT2D eigenvalue weighted by Crippen LogP contribution is -2.30. The molecule has 0 aliphatic carbocycles. The van der Waals surface area contributed by atoms with Crippen molar-refractivity contribution in [3.05, 3.63) is 58.7 Å². The summed E-state index contributed by atoms with van der Waals surface area (Å²) >= 11 is 0. The van der Waals surface area contributed by atoms with Crippen molar-refractivity contribution < 1.29 is 15.0 Å². The standard InChI is InChI=1S/C22H26N4O3/c1-14-11-15(2)13-17(12-14)7-8-18-5-4-6-19(21(18)28)23-24-20-16(3)25-26(9-10-27)22(20)29/h4-6,11-13,23,27-28H,7-10H2,1-3H3. The maximum absolute atomic E-state index is 12.3. The Morgan fingerprint density at radius 2 is 1.83 bits per heavy atom. The molecule has 29 heavy (non-hydrogen) atoms.